The van der Waals surface area contributed by atoms with Gasteiger partial charge in [-0.05, 0) is 38.8 Å². The summed E-state index contributed by atoms with van der Waals surface area (Å²) in [6.45, 7) is 6.60. The number of nitrogens with two attached hydrogens (primary N) is 2. The van der Waals surface area contributed by atoms with Crippen LogP contribution in [0.5, 0.6) is 0 Å². The predicted molar refractivity (Wildman–Crippen MR) is 78.5 cm³/mol. The summed E-state index contributed by atoms with van der Waals surface area (Å²) in [6.07, 6.45) is -0.100. The Morgan fingerprint density at radius 3 is 2.25 bits per heavy atom. The van der Waals surface area contributed by atoms with Crippen molar-refractivity contribution in [3.05, 3.63) is 23.3 Å². The minimum Gasteiger partial charge on any atom is -0.397 e. The van der Waals surface area contributed by atoms with Crippen LogP contribution in [0.4, 0.5) is 5.69 Å². The highest BCUT2D eigenvalue weighted by molar-refractivity contribution is 7.89. The van der Waals surface area contributed by atoms with Gasteiger partial charge in [-0.25, -0.2) is 13.1 Å². The number of benzene rings is 1. The van der Waals surface area contributed by atoms with E-state index in [0.717, 1.165) is 0 Å². The maximum atomic E-state index is 12.5. The summed E-state index contributed by atoms with van der Waals surface area (Å²) in [5.41, 5.74) is 11.5. The Morgan fingerprint density at radius 2 is 1.75 bits per heavy atom. The molecule has 0 atom stereocenters. The molecule has 1 rings (SSSR count). The molecule has 112 valence electrons. The van der Waals surface area contributed by atoms with Crippen molar-refractivity contribution >= 4 is 21.6 Å². The van der Waals surface area contributed by atoms with Crippen molar-refractivity contribution in [1.29, 1.82) is 0 Å². The smallest absolute Gasteiger partial charge is 0.243 e. The number of hydrogen-bond acceptors (Lipinski definition) is 4. The zero-order valence-corrected chi connectivity index (χ0v) is 13.0. The normalized spacial score (nSPS) is 12.4. The summed E-state index contributed by atoms with van der Waals surface area (Å²) in [4.78, 5) is 11.0. The number of nitrogen functional groups attached to an aromatic ring is 1. The molecule has 0 saturated carbocycles. The second kappa shape index (κ2) is 5.41. The number of hydrogen-bond donors (Lipinski definition) is 3. The van der Waals surface area contributed by atoms with Gasteiger partial charge in [-0.2, -0.15) is 0 Å². The average molecular weight is 299 g/mol. The molecule has 5 N–H and O–H groups in total. The Kier molecular flexibility index (Phi) is 4.45. The lowest BCUT2D eigenvalue weighted by molar-refractivity contribution is -0.119. The molecule has 1 aromatic rings. The van der Waals surface area contributed by atoms with Crippen LogP contribution in [-0.4, -0.2) is 19.9 Å². The van der Waals surface area contributed by atoms with E-state index in [-0.39, 0.29) is 17.0 Å². The molecule has 0 aromatic heterocycles. The first-order valence-electron chi connectivity index (χ1n) is 6.14. The Hall–Kier alpha value is -1.60. The van der Waals surface area contributed by atoms with Crippen LogP contribution in [0.25, 0.3) is 0 Å². The SMILES string of the molecule is Cc1ccc(C)c(S(=O)(=O)NC(C)(C)CC(N)=O)c1N. The van der Waals surface area contributed by atoms with Gasteiger partial charge in [-0.3, -0.25) is 4.79 Å². The Bertz CT molecular complexity index is 637. The van der Waals surface area contributed by atoms with Gasteiger partial charge >= 0.3 is 0 Å². The van der Waals surface area contributed by atoms with Gasteiger partial charge < -0.3 is 11.5 Å². The van der Waals surface area contributed by atoms with E-state index < -0.39 is 21.5 Å². The quantitative estimate of drug-likeness (QED) is 0.698. The van der Waals surface area contributed by atoms with Crippen molar-refractivity contribution in [1.82, 2.24) is 4.72 Å². The van der Waals surface area contributed by atoms with E-state index in [9.17, 15) is 13.2 Å². The van der Waals surface area contributed by atoms with Gasteiger partial charge in [0.2, 0.25) is 15.9 Å². The van der Waals surface area contributed by atoms with Crippen LogP contribution < -0.4 is 16.2 Å². The highest BCUT2D eigenvalue weighted by Gasteiger charge is 2.30. The molecule has 0 heterocycles. The van der Waals surface area contributed by atoms with Gasteiger partial charge in [0.25, 0.3) is 0 Å². The average Bonchev–Trinajstić information content (AvgIpc) is 2.19. The fraction of sp³-hybridized carbons (Fsp3) is 0.462. The van der Waals surface area contributed by atoms with Crippen LogP contribution in [-0.2, 0) is 14.8 Å². The van der Waals surface area contributed by atoms with Gasteiger partial charge in [0, 0.05) is 12.0 Å². The van der Waals surface area contributed by atoms with Crippen molar-refractivity contribution in [3.63, 3.8) is 0 Å². The maximum Gasteiger partial charge on any atom is 0.243 e. The largest absolute Gasteiger partial charge is 0.397 e. The number of sulfonamides is 1. The van der Waals surface area contributed by atoms with E-state index in [0.29, 0.717) is 11.1 Å². The standard InChI is InChI=1S/C13H21N3O3S/c1-8-5-6-9(2)12(11(8)15)20(18,19)16-13(3,4)7-10(14)17/h5-6,16H,7,15H2,1-4H3,(H2,14,17). The van der Waals surface area contributed by atoms with E-state index >= 15 is 0 Å². The van der Waals surface area contributed by atoms with E-state index in [4.69, 9.17) is 11.5 Å². The van der Waals surface area contributed by atoms with E-state index in [2.05, 4.69) is 4.72 Å². The zero-order chi connectivity index (χ0) is 15.7. The third-order valence-electron chi connectivity index (χ3n) is 2.91. The highest BCUT2D eigenvalue weighted by atomic mass is 32.2. The first kappa shape index (κ1) is 16.5. The summed E-state index contributed by atoms with van der Waals surface area (Å²) in [5, 5.41) is 0. The second-order valence-corrected chi connectivity index (χ2v) is 7.19. The topological polar surface area (TPSA) is 115 Å². The van der Waals surface area contributed by atoms with Gasteiger partial charge in [-0.15, -0.1) is 0 Å². The van der Waals surface area contributed by atoms with E-state index in [1.54, 1.807) is 39.8 Å². The van der Waals surface area contributed by atoms with Crippen molar-refractivity contribution in [2.24, 2.45) is 5.73 Å². The van der Waals surface area contributed by atoms with Crippen LogP contribution >= 0.6 is 0 Å². The lowest BCUT2D eigenvalue weighted by Crippen LogP contribution is -2.46. The number of amides is 1. The van der Waals surface area contributed by atoms with Crippen LogP contribution in [0.2, 0.25) is 0 Å². The lowest BCUT2D eigenvalue weighted by Gasteiger charge is -2.25. The molecule has 0 aliphatic rings. The summed E-state index contributed by atoms with van der Waals surface area (Å²) in [6, 6.07) is 3.46. The molecule has 7 heteroatoms. The number of rotatable bonds is 5. The summed E-state index contributed by atoms with van der Waals surface area (Å²) < 4.78 is 27.4. The molecule has 0 bridgehead atoms. The van der Waals surface area contributed by atoms with Gasteiger partial charge in [0.1, 0.15) is 4.90 Å². The second-order valence-electron chi connectivity index (χ2n) is 5.57. The molecule has 1 amide bonds. The van der Waals surface area contributed by atoms with Crippen LogP contribution in [0.15, 0.2) is 17.0 Å². The van der Waals surface area contributed by atoms with Crippen molar-refractivity contribution < 1.29 is 13.2 Å². The van der Waals surface area contributed by atoms with Crippen LogP contribution in [0, 0.1) is 13.8 Å². The van der Waals surface area contributed by atoms with Crippen molar-refractivity contribution in [2.75, 3.05) is 5.73 Å². The van der Waals surface area contributed by atoms with Crippen LogP contribution in [0.1, 0.15) is 31.4 Å². The Labute approximate surface area is 119 Å². The monoisotopic (exact) mass is 299 g/mol. The Morgan fingerprint density at radius 1 is 1.25 bits per heavy atom. The number of anilines is 1. The summed E-state index contributed by atoms with van der Waals surface area (Å²) >= 11 is 0. The summed E-state index contributed by atoms with van der Waals surface area (Å²) in [7, 11) is -3.83. The molecule has 0 aliphatic heterocycles. The molecule has 0 aliphatic carbocycles. The molecule has 1 aromatic carbocycles. The zero-order valence-electron chi connectivity index (χ0n) is 12.1. The number of primary amides is 1. The van der Waals surface area contributed by atoms with Gasteiger partial charge in [-0.1, -0.05) is 12.1 Å². The minimum absolute atomic E-state index is 0.0510. The van der Waals surface area contributed by atoms with E-state index in [1.165, 1.54) is 0 Å². The van der Waals surface area contributed by atoms with Crippen molar-refractivity contribution in [2.45, 2.75) is 44.6 Å². The molecule has 20 heavy (non-hydrogen) atoms. The molecular formula is C13H21N3O3S. The maximum absolute atomic E-state index is 12.5. The van der Waals surface area contributed by atoms with Gasteiger partial charge in [0.15, 0.2) is 0 Å². The summed E-state index contributed by atoms with van der Waals surface area (Å²) in [5.74, 6) is -0.577. The number of nitrogens with one attached hydrogen (secondary N) is 1. The first-order valence-corrected chi connectivity index (χ1v) is 7.62. The molecule has 6 nitrogen and oxygen atoms in total. The first-order chi connectivity index (χ1) is 8.96. The molecule has 0 unspecified atom stereocenters. The predicted octanol–water partition coefficient (Wildman–Crippen LogP) is 0.818. The molecule has 0 saturated heterocycles. The molecular weight excluding hydrogens is 278 g/mol. The van der Waals surface area contributed by atoms with Crippen molar-refractivity contribution in [3.8, 4) is 0 Å². The van der Waals surface area contributed by atoms with Gasteiger partial charge in [0.05, 0.1) is 5.69 Å². The number of carbonyl (C=O) groups is 1. The molecule has 0 fully saturated rings. The Balaban J connectivity index is 3.26. The third kappa shape index (κ3) is 3.71. The number of carbonyl (C=O) groups excluding carboxylic acids is 1. The van der Waals surface area contributed by atoms with Crippen LogP contribution in [0.3, 0.4) is 0 Å². The molecule has 0 spiro atoms. The fourth-order valence-electron chi connectivity index (χ4n) is 2.05. The third-order valence-corrected chi connectivity index (χ3v) is 4.81. The van der Waals surface area contributed by atoms with E-state index in [1.807, 2.05) is 0 Å². The minimum atomic E-state index is -3.83. The number of aryl methyl sites for hydroxylation is 2. The highest BCUT2D eigenvalue weighted by Crippen LogP contribution is 2.27. The fourth-order valence-corrected chi connectivity index (χ4v) is 3.89. The lowest BCUT2D eigenvalue weighted by atomic mass is 10.0. The molecule has 0 radical (unpaired) electrons.